The van der Waals surface area contributed by atoms with Gasteiger partial charge >= 0.3 is 0 Å². The number of amidine groups is 1. The van der Waals surface area contributed by atoms with E-state index < -0.39 is 0 Å². The predicted molar refractivity (Wildman–Crippen MR) is 128 cm³/mol. The molecule has 1 saturated carbocycles. The molecule has 1 heterocycles. The van der Waals surface area contributed by atoms with E-state index in [4.69, 9.17) is 27.9 Å². The molecule has 2 aromatic rings. The molecule has 0 amide bonds. The van der Waals surface area contributed by atoms with E-state index in [0.29, 0.717) is 22.7 Å². The van der Waals surface area contributed by atoms with Gasteiger partial charge in [0, 0.05) is 12.6 Å². The first-order valence-corrected chi connectivity index (χ1v) is 11.0. The van der Waals surface area contributed by atoms with Gasteiger partial charge in [-0.2, -0.15) is 0 Å². The molecule has 0 radical (unpaired) electrons. The fourth-order valence-electron chi connectivity index (χ4n) is 3.73. The predicted octanol–water partition coefficient (Wildman–Crippen LogP) is 2.17. The maximum Gasteiger partial charge on any atom is 0.152 e. The van der Waals surface area contributed by atoms with Crippen LogP contribution in [0.5, 0.6) is 5.75 Å². The van der Waals surface area contributed by atoms with Gasteiger partial charge in [-0.05, 0) is 69.0 Å². The number of nitrogens with two attached hydrogens (primary N) is 4. The monoisotopic (exact) mass is 456 g/mol. The zero-order valence-electron chi connectivity index (χ0n) is 19.2. The second-order valence-corrected chi connectivity index (χ2v) is 8.22. The lowest BCUT2D eigenvalue weighted by Crippen LogP contribution is -2.38. The van der Waals surface area contributed by atoms with E-state index >= 15 is 0 Å². The van der Waals surface area contributed by atoms with E-state index in [-0.39, 0.29) is 24.3 Å². The van der Waals surface area contributed by atoms with Crippen molar-refractivity contribution in [2.24, 2.45) is 28.3 Å². The lowest BCUT2D eigenvalue weighted by molar-refractivity contribution is 0.153. The van der Waals surface area contributed by atoms with Gasteiger partial charge in [-0.25, -0.2) is 26.2 Å². The Bertz CT molecular complexity index is 1000. The first kappa shape index (κ1) is 24.3. The van der Waals surface area contributed by atoms with Crippen molar-refractivity contribution in [1.82, 2.24) is 15.1 Å². The molecule has 1 fully saturated rings. The molecular weight excluding hydrogens is 423 g/mol. The summed E-state index contributed by atoms with van der Waals surface area (Å²) in [6.07, 6.45) is 6.03. The minimum atomic E-state index is -0.364. The molecule has 1 aliphatic carbocycles. The summed E-state index contributed by atoms with van der Waals surface area (Å²) in [5.41, 5.74) is 15.1. The molecule has 178 valence electrons. The largest absolute Gasteiger partial charge is 0.489 e. The summed E-state index contributed by atoms with van der Waals surface area (Å²) in [6.45, 7) is 1.96. The third kappa shape index (κ3) is 6.56. The number of pyridine rings is 1. The van der Waals surface area contributed by atoms with Crippen LogP contribution in [0.3, 0.4) is 0 Å². The average Bonchev–Trinajstić information content (AvgIpc) is 2.79. The maximum atomic E-state index is 13.1. The second-order valence-electron chi connectivity index (χ2n) is 8.22. The summed E-state index contributed by atoms with van der Waals surface area (Å²) < 4.78 is 19.3. The molecule has 0 unspecified atom stereocenters. The lowest BCUT2D eigenvalue weighted by Gasteiger charge is -2.25. The van der Waals surface area contributed by atoms with Gasteiger partial charge in [-0.1, -0.05) is 6.42 Å². The van der Waals surface area contributed by atoms with Gasteiger partial charge in [-0.3, -0.25) is 0 Å². The van der Waals surface area contributed by atoms with Crippen LogP contribution in [0.2, 0.25) is 0 Å². The fraction of sp³-hybridized carbons (Fsp3) is 0.391. The van der Waals surface area contributed by atoms with Gasteiger partial charge in [0.25, 0.3) is 0 Å². The minimum Gasteiger partial charge on any atom is -0.489 e. The topological polar surface area (TPSA) is 145 Å². The maximum absolute atomic E-state index is 13.1. The summed E-state index contributed by atoms with van der Waals surface area (Å²) in [4.78, 5) is 4.62. The first-order chi connectivity index (χ1) is 15.7. The van der Waals surface area contributed by atoms with Crippen LogP contribution in [-0.4, -0.2) is 40.6 Å². The van der Waals surface area contributed by atoms with Crippen molar-refractivity contribution < 1.29 is 9.13 Å². The molecule has 33 heavy (non-hydrogen) atoms. The second kappa shape index (κ2) is 11.0. The van der Waals surface area contributed by atoms with Crippen LogP contribution >= 0.6 is 0 Å². The van der Waals surface area contributed by atoms with Crippen LogP contribution in [-0.2, 0) is 0 Å². The van der Waals surface area contributed by atoms with E-state index in [2.05, 4.69) is 10.1 Å². The van der Waals surface area contributed by atoms with Gasteiger partial charge in [0.05, 0.1) is 35.4 Å². The molecule has 1 aromatic carbocycles. The number of hydrazine groups is 2. The highest BCUT2D eigenvalue weighted by atomic mass is 19.1. The summed E-state index contributed by atoms with van der Waals surface area (Å²) in [7, 11) is 1.65. The molecule has 0 atom stereocenters. The van der Waals surface area contributed by atoms with Crippen molar-refractivity contribution in [3.8, 4) is 5.75 Å². The number of hydrazone groups is 1. The van der Waals surface area contributed by atoms with Crippen LogP contribution < -0.4 is 27.9 Å². The minimum absolute atomic E-state index is 0.0712. The number of nitrogens with zero attached hydrogens (tertiary/aromatic N) is 4. The Morgan fingerprint density at radius 1 is 1.09 bits per heavy atom. The molecule has 3 rings (SSSR count). The van der Waals surface area contributed by atoms with Crippen molar-refractivity contribution >= 4 is 11.5 Å². The van der Waals surface area contributed by atoms with Crippen LogP contribution in [0.25, 0.3) is 5.70 Å². The molecule has 0 spiro atoms. The number of hydrogen-bond acceptors (Lipinski definition) is 8. The standard InChI is InChI=1S/C23H33FN8O/c1-15-21(33-18-6-4-3-5-7-18)13-12-19(29-15)22(25)20(31(2)27)14-32(28)30-23(26)16-8-10-17(24)11-9-16/h8-13,18H,3-7,14,25,27-28H2,1-2H3,(H2,26,30)/b22-20-. The van der Waals surface area contributed by atoms with Gasteiger partial charge in [-0.15, -0.1) is 5.10 Å². The van der Waals surface area contributed by atoms with Gasteiger partial charge in [0.15, 0.2) is 5.84 Å². The highest BCUT2D eigenvalue weighted by molar-refractivity contribution is 5.97. The van der Waals surface area contributed by atoms with E-state index in [9.17, 15) is 4.39 Å². The van der Waals surface area contributed by atoms with Crippen molar-refractivity contribution in [1.29, 1.82) is 0 Å². The Morgan fingerprint density at radius 3 is 2.36 bits per heavy atom. The first-order valence-electron chi connectivity index (χ1n) is 11.0. The molecule has 8 N–H and O–H groups in total. The Labute approximate surface area is 193 Å². The summed E-state index contributed by atoms with van der Waals surface area (Å²) in [5, 5.41) is 6.63. The van der Waals surface area contributed by atoms with Crippen molar-refractivity contribution in [3.63, 3.8) is 0 Å². The van der Waals surface area contributed by atoms with Gasteiger partial charge in [0.2, 0.25) is 0 Å². The molecule has 0 saturated heterocycles. The fourth-order valence-corrected chi connectivity index (χ4v) is 3.73. The zero-order chi connectivity index (χ0) is 24.0. The van der Waals surface area contributed by atoms with Crippen LogP contribution in [0.4, 0.5) is 4.39 Å². The highest BCUT2D eigenvalue weighted by Gasteiger charge is 2.18. The van der Waals surface area contributed by atoms with Crippen molar-refractivity contribution in [2.75, 3.05) is 13.6 Å². The number of aromatic nitrogens is 1. The molecule has 0 aliphatic heterocycles. The Balaban J connectivity index is 1.77. The van der Waals surface area contributed by atoms with Crippen LogP contribution in [0.1, 0.15) is 49.1 Å². The highest BCUT2D eigenvalue weighted by Crippen LogP contribution is 2.26. The number of likely N-dealkylation sites (N-methyl/N-ethyl adjacent to an activating group) is 1. The van der Waals surface area contributed by atoms with E-state index in [1.54, 1.807) is 13.1 Å². The Kier molecular flexibility index (Phi) is 8.07. The Hall–Kier alpha value is -3.37. The number of benzene rings is 1. The number of ether oxygens (including phenoxy) is 1. The SMILES string of the molecule is Cc1nc(/C(N)=C(\CN(N)/N=C(\N)c2ccc(F)cc2)N(C)N)ccc1OC1CCCCC1. The van der Waals surface area contributed by atoms with Crippen LogP contribution in [0.15, 0.2) is 47.2 Å². The van der Waals surface area contributed by atoms with Gasteiger partial charge < -0.3 is 21.2 Å². The third-order valence-corrected chi connectivity index (χ3v) is 5.58. The molecule has 10 heteroatoms. The van der Waals surface area contributed by atoms with Crippen LogP contribution in [0, 0.1) is 12.7 Å². The normalized spacial score (nSPS) is 15.7. The number of hydrogen-bond donors (Lipinski definition) is 4. The summed E-state index contributed by atoms with van der Waals surface area (Å²) in [6, 6.07) is 9.33. The molecule has 1 aliphatic rings. The molecule has 1 aromatic heterocycles. The van der Waals surface area contributed by atoms with E-state index in [0.717, 1.165) is 29.4 Å². The Morgan fingerprint density at radius 2 is 1.76 bits per heavy atom. The molecule has 9 nitrogen and oxygen atoms in total. The number of halogens is 1. The third-order valence-electron chi connectivity index (χ3n) is 5.58. The number of aryl methyl sites for hydroxylation is 1. The molecular formula is C23H33FN8O. The molecule has 0 bridgehead atoms. The van der Waals surface area contributed by atoms with Crippen molar-refractivity contribution in [3.05, 3.63) is 64.9 Å². The lowest BCUT2D eigenvalue weighted by atomic mass is 9.98. The summed E-state index contributed by atoms with van der Waals surface area (Å²) >= 11 is 0. The van der Waals surface area contributed by atoms with Crippen molar-refractivity contribution in [2.45, 2.75) is 45.1 Å². The smallest absolute Gasteiger partial charge is 0.152 e. The summed E-state index contributed by atoms with van der Waals surface area (Å²) in [5.74, 6) is 12.6. The van der Waals surface area contributed by atoms with E-state index in [1.165, 1.54) is 48.5 Å². The van der Waals surface area contributed by atoms with E-state index in [1.807, 2.05) is 13.0 Å². The quantitative estimate of drug-likeness (QED) is 0.205. The van der Waals surface area contributed by atoms with Gasteiger partial charge in [0.1, 0.15) is 11.6 Å². The zero-order valence-corrected chi connectivity index (χ0v) is 19.2. The number of rotatable bonds is 8. The average molecular weight is 457 g/mol.